The van der Waals surface area contributed by atoms with Crippen molar-refractivity contribution < 1.29 is 19.2 Å². The van der Waals surface area contributed by atoms with E-state index in [4.69, 9.17) is 9.47 Å². The average molecular weight is 342 g/mol. The summed E-state index contributed by atoms with van der Waals surface area (Å²) in [6.07, 6.45) is 0.641. The van der Waals surface area contributed by atoms with E-state index in [1.165, 1.54) is 18.2 Å². The van der Waals surface area contributed by atoms with E-state index < -0.39 is 4.92 Å². The van der Waals surface area contributed by atoms with Crippen LogP contribution < -0.4 is 14.8 Å². The summed E-state index contributed by atoms with van der Waals surface area (Å²) in [5.74, 6) is 0.532. The molecule has 0 fully saturated rings. The monoisotopic (exact) mass is 342 g/mol. The van der Waals surface area contributed by atoms with E-state index in [0.29, 0.717) is 19.6 Å². The van der Waals surface area contributed by atoms with E-state index in [0.717, 1.165) is 11.3 Å². The third-order valence-corrected chi connectivity index (χ3v) is 3.98. The molecule has 2 aromatic rings. The van der Waals surface area contributed by atoms with Gasteiger partial charge < -0.3 is 14.8 Å². The molecule has 0 radical (unpaired) electrons. The molecule has 1 heterocycles. The Labute approximate surface area is 144 Å². The SMILES string of the molecule is CCOc1ccc(C(=O)N[C@H]2CCOc3ccccc32)cc1[N+](=O)[O-]. The predicted octanol–water partition coefficient (Wildman–Crippen LogP) is 3.25. The van der Waals surface area contributed by atoms with Gasteiger partial charge in [0.1, 0.15) is 5.75 Å². The maximum absolute atomic E-state index is 12.6. The van der Waals surface area contributed by atoms with Crippen LogP contribution in [0.5, 0.6) is 11.5 Å². The molecule has 0 bridgehead atoms. The molecule has 0 aromatic heterocycles. The van der Waals surface area contributed by atoms with Gasteiger partial charge in [-0.15, -0.1) is 0 Å². The molecule has 0 saturated carbocycles. The van der Waals surface area contributed by atoms with Crippen LogP contribution in [0, 0.1) is 10.1 Å². The quantitative estimate of drug-likeness (QED) is 0.665. The van der Waals surface area contributed by atoms with Gasteiger partial charge in [-0.05, 0) is 25.1 Å². The Bertz CT molecular complexity index is 806. The molecule has 0 aliphatic carbocycles. The van der Waals surface area contributed by atoms with Gasteiger partial charge in [-0.25, -0.2) is 0 Å². The fraction of sp³-hybridized carbons (Fsp3) is 0.278. The van der Waals surface area contributed by atoms with Crippen LogP contribution in [0.2, 0.25) is 0 Å². The Morgan fingerprint density at radius 1 is 1.36 bits per heavy atom. The third-order valence-electron chi connectivity index (χ3n) is 3.98. The number of para-hydroxylation sites is 1. The van der Waals surface area contributed by atoms with Crippen LogP contribution >= 0.6 is 0 Å². The molecular weight excluding hydrogens is 324 g/mol. The lowest BCUT2D eigenvalue weighted by Crippen LogP contribution is -2.32. The second-order valence-corrected chi connectivity index (χ2v) is 5.57. The van der Waals surface area contributed by atoms with E-state index in [1.54, 1.807) is 6.92 Å². The fourth-order valence-electron chi connectivity index (χ4n) is 2.81. The number of nitro benzene ring substituents is 1. The summed E-state index contributed by atoms with van der Waals surface area (Å²) in [6.45, 7) is 2.56. The number of nitro groups is 1. The first kappa shape index (κ1) is 16.8. The summed E-state index contributed by atoms with van der Waals surface area (Å²) in [5, 5.41) is 14.1. The number of benzene rings is 2. The molecule has 1 aliphatic heterocycles. The molecule has 1 aliphatic rings. The number of nitrogens with zero attached hydrogens (tertiary/aromatic N) is 1. The molecule has 130 valence electrons. The molecule has 3 rings (SSSR count). The minimum absolute atomic E-state index is 0.153. The van der Waals surface area contributed by atoms with E-state index in [2.05, 4.69) is 5.32 Å². The van der Waals surface area contributed by atoms with E-state index >= 15 is 0 Å². The maximum atomic E-state index is 12.6. The van der Waals surface area contributed by atoms with Crippen molar-refractivity contribution in [2.24, 2.45) is 0 Å². The van der Waals surface area contributed by atoms with Crippen molar-refractivity contribution in [1.29, 1.82) is 0 Å². The molecule has 25 heavy (non-hydrogen) atoms. The molecule has 7 heteroatoms. The molecule has 1 N–H and O–H groups in total. The van der Waals surface area contributed by atoms with Crippen LogP contribution in [0.4, 0.5) is 5.69 Å². The van der Waals surface area contributed by atoms with Crippen molar-refractivity contribution in [2.75, 3.05) is 13.2 Å². The second-order valence-electron chi connectivity index (χ2n) is 5.57. The van der Waals surface area contributed by atoms with Gasteiger partial charge in [0.25, 0.3) is 5.91 Å². The van der Waals surface area contributed by atoms with E-state index in [-0.39, 0.29) is 28.9 Å². The topological polar surface area (TPSA) is 90.7 Å². The first-order valence-corrected chi connectivity index (χ1v) is 8.04. The zero-order chi connectivity index (χ0) is 17.8. The number of rotatable bonds is 5. The van der Waals surface area contributed by atoms with Crippen LogP contribution in [0.15, 0.2) is 42.5 Å². The maximum Gasteiger partial charge on any atom is 0.311 e. The lowest BCUT2D eigenvalue weighted by molar-refractivity contribution is -0.385. The Balaban J connectivity index is 1.83. The Hall–Kier alpha value is -3.09. The highest BCUT2D eigenvalue weighted by Crippen LogP contribution is 2.32. The van der Waals surface area contributed by atoms with Gasteiger partial charge in [0, 0.05) is 23.6 Å². The van der Waals surface area contributed by atoms with Crippen LogP contribution in [0.25, 0.3) is 0 Å². The van der Waals surface area contributed by atoms with Crippen LogP contribution in [0.3, 0.4) is 0 Å². The Morgan fingerprint density at radius 3 is 2.92 bits per heavy atom. The van der Waals surface area contributed by atoms with Crippen LogP contribution in [-0.2, 0) is 0 Å². The van der Waals surface area contributed by atoms with Gasteiger partial charge in [0.05, 0.1) is 24.2 Å². The van der Waals surface area contributed by atoms with Gasteiger partial charge in [-0.3, -0.25) is 14.9 Å². The number of hydrogen-bond acceptors (Lipinski definition) is 5. The highest BCUT2D eigenvalue weighted by atomic mass is 16.6. The zero-order valence-corrected chi connectivity index (χ0v) is 13.7. The van der Waals surface area contributed by atoms with Crippen LogP contribution in [-0.4, -0.2) is 24.0 Å². The lowest BCUT2D eigenvalue weighted by atomic mass is 10.00. The Kier molecular flexibility index (Phi) is 4.83. The smallest absolute Gasteiger partial charge is 0.311 e. The number of ether oxygens (including phenoxy) is 2. The summed E-state index contributed by atoms with van der Waals surface area (Å²) < 4.78 is 10.8. The number of amides is 1. The number of carbonyl (C=O) groups is 1. The summed E-state index contributed by atoms with van der Waals surface area (Å²) in [4.78, 5) is 23.2. The van der Waals surface area contributed by atoms with E-state index in [9.17, 15) is 14.9 Å². The highest BCUT2D eigenvalue weighted by molar-refractivity contribution is 5.95. The molecule has 2 aromatic carbocycles. The van der Waals surface area contributed by atoms with Gasteiger partial charge >= 0.3 is 5.69 Å². The normalized spacial score (nSPS) is 15.6. The molecular formula is C18H18N2O5. The summed E-state index contributed by atoms with van der Waals surface area (Å²) in [5.41, 5.74) is 0.906. The molecule has 0 spiro atoms. The fourth-order valence-corrected chi connectivity index (χ4v) is 2.81. The van der Waals surface area contributed by atoms with Crippen molar-refractivity contribution in [2.45, 2.75) is 19.4 Å². The number of hydrogen-bond donors (Lipinski definition) is 1. The molecule has 0 unspecified atom stereocenters. The van der Waals surface area contributed by atoms with Crippen molar-refractivity contribution in [3.8, 4) is 11.5 Å². The van der Waals surface area contributed by atoms with Crippen molar-refractivity contribution in [3.63, 3.8) is 0 Å². The molecule has 1 atom stereocenters. The molecule has 7 nitrogen and oxygen atoms in total. The highest BCUT2D eigenvalue weighted by Gasteiger charge is 2.24. The van der Waals surface area contributed by atoms with Crippen LogP contribution in [0.1, 0.15) is 35.3 Å². The summed E-state index contributed by atoms with van der Waals surface area (Å²) in [6, 6.07) is 11.5. The standard InChI is InChI=1S/C18H18N2O5/c1-2-24-17-8-7-12(11-15(17)20(22)23)18(21)19-14-9-10-25-16-6-4-3-5-13(14)16/h3-8,11,14H,2,9-10H2,1H3,(H,19,21)/t14-/m0/s1. The molecule has 0 saturated heterocycles. The molecule has 1 amide bonds. The Morgan fingerprint density at radius 2 is 2.16 bits per heavy atom. The predicted molar refractivity (Wildman–Crippen MR) is 91.0 cm³/mol. The third kappa shape index (κ3) is 3.55. The van der Waals surface area contributed by atoms with Gasteiger partial charge in [0.15, 0.2) is 5.75 Å². The number of fused-ring (bicyclic) bond motifs is 1. The lowest BCUT2D eigenvalue weighted by Gasteiger charge is -2.26. The zero-order valence-electron chi connectivity index (χ0n) is 13.7. The average Bonchev–Trinajstić information content (AvgIpc) is 2.62. The minimum atomic E-state index is -0.550. The van der Waals surface area contributed by atoms with Crippen molar-refractivity contribution >= 4 is 11.6 Å². The van der Waals surface area contributed by atoms with Crippen molar-refractivity contribution in [3.05, 3.63) is 63.7 Å². The largest absolute Gasteiger partial charge is 0.493 e. The summed E-state index contributed by atoms with van der Waals surface area (Å²) in [7, 11) is 0. The van der Waals surface area contributed by atoms with Gasteiger partial charge in [-0.2, -0.15) is 0 Å². The van der Waals surface area contributed by atoms with Gasteiger partial charge in [-0.1, -0.05) is 18.2 Å². The minimum Gasteiger partial charge on any atom is -0.493 e. The van der Waals surface area contributed by atoms with Crippen molar-refractivity contribution in [1.82, 2.24) is 5.32 Å². The second kappa shape index (κ2) is 7.21. The first-order valence-electron chi connectivity index (χ1n) is 8.04. The van der Waals surface area contributed by atoms with Gasteiger partial charge in [0.2, 0.25) is 0 Å². The number of nitrogens with one attached hydrogen (secondary N) is 1. The summed E-state index contributed by atoms with van der Waals surface area (Å²) >= 11 is 0. The van der Waals surface area contributed by atoms with E-state index in [1.807, 2.05) is 24.3 Å². The first-order chi connectivity index (χ1) is 12.1. The number of carbonyl (C=O) groups excluding carboxylic acids is 1.